The summed E-state index contributed by atoms with van der Waals surface area (Å²) in [6.07, 6.45) is -0.860. The van der Waals surface area contributed by atoms with Gasteiger partial charge in [-0.3, -0.25) is 4.79 Å². The van der Waals surface area contributed by atoms with E-state index in [2.05, 4.69) is 0 Å². The highest BCUT2D eigenvalue weighted by Gasteiger charge is 2.60. The Balaban J connectivity index is 1.90. The van der Waals surface area contributed by atoms with E-state index in [1.54, 1.807) is 0 Å². The molecule has 3 atom stereocenters. The van der Waals surface area contributed by atoms with Crippen LogP contribution < -0.4 is 0 Å². The van der Waals surface area contributed by atoms with Gasteiger partial charge >= 0.3 is 6.09 Å². The number of rotatable bonds is 3. The van der Waals surface area contributed by atoms with Gasteiger partial charge in [-0.05, 0) is 25.7 Å². The molecular formula is C11H18N2O3. The molecule has 0 aromatic rings. The Morgan fingerprint density at radius 2 is 1.75 bits per heavy atom. The van der Waals surface area contributed by atoms with E-state index in [1.165, 1.54) is 4.90 Å². The first-order chi connectivity index (χ1) is 7.60. The maximum atomic E-state index is 12.0. The molecule has 1 aliphatic heterocycles. The molecule has 0 radical (unpaired) electrons. The Kier molecular flexibility index (Phi) is 2.78. The number of nitrogens with zero attached hydrogens (tertiary/aromatic N) is 2. The predicted octanol–water partition coefficient (Wildman–Crippen LogP) is 0.711. The number of fused-ring (bicyclic) bond motifs is 1. The predicted molar refractivity (Wildman–Crippen MR) is 58.0 cm³/mol. The summed E-state index contributed by atoms with van der Waals surface area (Å²) in [5.41, 5.74) is 0. The first kappa shape index (κ1) is 11.2. The third kappa shape index (κ3) is 1.64. The molecule has 0 bridgehead atoms. The number of carboxylic acid groups (broad SMARTS) is 1. The molecule has 1 unspecified atom stereocenters. The van der Waals surface area contributed by atoms with Gasteiger partial charge in [0, 0.05) is 32.1 Å². The van der Waals surface area contributed by atoms with E-state index in [0.717, 1.165) is 13.1 Å². The summed E-state index contributed by atoms with van der Waals surface area (Å²) in [5, 5.41) is 8.81. The van der Waals surface area contributed by atoms with Crippen molar-refractivity contribution in [1.82, 2.24) is 9.80 Å². The van der Waals surface area contributed by atoms with Crippen molar-refractivity contribution in [3.63, 3.8) is 0 Å². The Morgan fingerprint density at radius 1 is 1.25 bits per heavy atom. The van der Waals surface area contributed by atoms with E-state index in [1.807, 2.05) is 18.7 Å². The van der Waals surface area contributed by atoms with Gasteiger partial charge in [-0.2, -0.15) is 0 Å². The molecule has 2 rings (SSSR count). The van der Waals surface area contributed by atoms with Gasteiger partial charge in [0.15, 0.2) is 0 Å². The van der Waals surface area contributed by atoms with E-state index < -0.39 is 6.09 Å². The third-order valence-corrected chi connectivity index (χ3v) is 3.82. The van der Waals surface area contributed by atoms with E-state index in [4.69, 9.17) is 5.11 Å². The lowest BCUT2D eigenvalue weighted by Crippen LogP contribution is -2.36. The summed E-state index contributed by atoms with van der Waals surface area (Å²) in [6, 6.07) is 0. The van der Waals surface area contributed by atoms with Crippen LogP contribution in [0.25, 0.3) is 0 Å². The summed E-state index contributed by atoms with van der Waals surface area (Å²) >= 11 is 0. The summed E-state index contributed by atoms with van der Waals surface area (Å²) < 4.78 is 0. The van der Waals surface area contributed by atoms with Crippen molar-refractivity contribution in [2.24, 2.45) is 17.8 Å². The van der Waals surface area contributed by atoms with E-state index >= 15 is 0 Å². The molecule has 0 aromatic carbocycles. The second-order valence-corrected chi connectivity index (χ2v) is 4.55. The molecule has 2 fully saturated rings. The molecule has 1 heterocycles. The number of amides is 2. The minimum atomic E-state index is -0.860. The first-order valence-electron chi connectivity index (χ1n) is 5.86. The SMILES string of the molecule is CCN(CC)C(=O)[C@@H]1C2CN(C(=O)O)C[C@@H]21. The zero-order valence-corrected chi connectivity index (χ0v) is 9.72. The average Bonchev–Trinajstić information content (AvgIpc) is 2.74. The highest BCUT2D eigenvalue weighted by atomic mass is 16.4. The monoisotopic (exact) mass is 226 g/mol. The molecule has 1 aliphatic carbocycles. The van der Waals surface area contributed by atoms with Crippen molar-refractivity contribution >= 4 is 12.0 Å². The second-order valence-electron chi connectivity index (χ2n) is 4.55. The number of piperidine rings is 1. The topological polar surface area (TPSA) is 60.9 Å². The van der Waals surface area contributed by atoms with Gasteiger partial charge in [0.25, 0.3) is 0 Å². The molecule has 1 N–H and O–H groups in total. The zero-order valence-electron chi connectivity index (χ0n) is 9.72. The lowest BCUT2D eigenvalue weighted by atomic mass is 10.2. The molecular weight excluding hydrogens is 208 g/mol. The summed E-state index contributed by atoms with van der Waals surface area (Å²) in [4.78, 5) is 26.0. The van der Waals surface area contributed by atoms with Gasteiger partial charge < -0.3 is 14.9 Å². The number of carbonyl (C=O) groups excluding carboxylic acids is 1. The van der Waals surface area contributed by atoms with Gasteiger partial charge in [0.05, 0.1) is 0 Å². The molecule has 16 heavy (non-hydrogen) atoms. The van der Waals surface area contributed by atoms with E-state index in [-0.39, 0.29) is 23.7 Å². The molecule has 5 nitrogen and oxygen atoms in total. The Morgan fingerprint density at radius 3 is 2.12 bits per heavy atom. The van der Waals surface area contributed by atoms with E-state index in [0.29, 0.717) is 13.1 Å². The van der Waals surface area contributed by atoms with Crippen LogP contribution in [0.5, 0.6) is 0 Å². The van der Waals surface area contributed by atoms with Gasteiger partial charge in [0.1, 0.15) is 0 Å². The smallest absolute Gasteiger partial charge is 0.407 e. The molecule has 0 aromatic heterocycles. The number of likely N-dealkylation sites (tertiary alicyclic amines) is 1. The minimum absolute atomic E-state index is 0.0931. The van der Waals surface area contributed by atoms with Crippen molar-refractivity contribution in [3.8, 4) is 0 Å². The molecule has 2 aliphatic rings. The van der Waals surface area contributed by atoms with Crippen LogP contribution in [0.2, 0.25) is 0 Å². The fourth-order valence-electron chi connectivity index (χ4n) is 2.79. The van der Waals surface area contributed by atoms with Crippen molar-refractivity contribution in [2.75, 3.05) is 26.2 Å². The fraction of sp³-hybridized carbons (Fsp3) is 0.818. The van der Waals surface area contributed by atoms with Crippen molar-refractivity contribution < 1.29 is 14.7 Å². The van der Waals surface area contributed by atoms with Crippen molar-refractivity contribution in [3.05, 3.63) is 0 Å². The zero-order chi connectivity index (χ0) is 11.9. The van der Waals surface area contributed by atoms with Crippen LogP contribution in [0.4, 0.5) is 4.79 Å². The van der Waals surface area contributed by atoms with Crippen molar-refractivity contribution in [1.29, 1.82) is 0 Å². The third-order valence-electron chi connectivity index (χ3n) is 3.82. The number of hydrogen-bond acceptors (Lipinski definition) is 2. The van der Waals surface area contributed by atoms with Gasteiger partial charge in [-0.25, -0.2) is 4.79 Å². The van der Waals surface area contributed by atoms with Crippen LogP contribution in [0, 0.1) is 17.8 Å². The fourth-order valence-corrected chi connectivity index (χ4v) is 2.79. The highest BCUT2D eigenvalue weighted by molar-refractivity contribution is 5.83. The van der Waals surface area contributed by atoms with Crippen LogP contribution in [-0.2, 0) is 4.79 Å². The normalized spacial score (nSPS) is 31.1. The molecule has 1 saturated heterocycles. The Hall–Kier alpha value is -1.26. The maximum Gasteiger partial charge on any atom is 0.407 e. The van der Waals surface area contributed by atoms with Crippen LogP contribution in [0.15, 0.2) is 0 Å². The van der Waals surface area contributed by atoms with Crippen LogP contribution in [0.1, 0.15) is 13.8 Å². The maximum absolute atomic E-state index is 12.0. The lowest BCUT2D eigenvalue weighted by molar-refractivity contribution is -0.133. The molecule has 1 saturated carbocycles. The Bertz CT molecular complexity index is 302. The Labute approximate surface area is 95.0 Å². The van der Waals surface area contributed by atoms with Gasteiger partial charge in [-0.1, -0.05) is 0 Å². The van der Waals surface area contributed by atoms with Crippen molar-refractivity contribution in [2.45, 2.75) is 13.8 Å². The molecule has 5 heteroatoms. The average molecular weight is 226 g/mol. The lowest BCUT2D eigenvalue weighted by Gasteiger charge is -2.21. The molecule has 2 amide bonds. The largest absolute Gasteiger partial charge is 0.465 e. The minimum Gasteiger partial charge on any atom is -0.465 e. The van der Waals surface area contributed by atoms with Crippen LogP contribution in [-0.4, -0.2) is 53.1 Å². The van der Waals surface area contributed by atoms with E-state index in [9.17, 15) is 9.59 Å². The first-order valence-corrected chi connectivity index (χ1v) is 5.86. The number of hydrogen-bond donors (Lipinski definition) is 1. The molecule has 0 spiro atoms. The summed E-state index contributed by atoms with van der Waals surface area (Å²) in [6.45, 7) is 6.52. The quantitative estimate of drug-likeness (QED) is 0.771. The van der Waals surface area contributed by atoms with Gasteiger partial charge in [0.2, 0.25) is 5.91 Å². The second kappa shape index (κ2) is 3.96. The standard InChI is InChI=1S/C11H18N2O3/c1-3-12(4-2)10(14)9-7-5-13(11(15)16)6-8(7)9/h7-9H,3-6H2,1-2H3,(H,15,16)/t7-,8?,9-/m0/s1. The van der Waals surface area contributed by atoms with Crippen LogP contribution in [0.3, 0.4) is 0 Å². The molecule has 90 valence electrons. The summed E-state index contributed by atoms with van der Waals surface area (Å²) in [7, 11) is 0. The van der Waals surface area contributed by atoms with Gasteiger partial charge in [-0.15, -0.1) is 0 Å². The van der Waals surface area contributed by atoms with Crippen LogP contribution >= 0.6 is 0 Å². The highest BCUT2D eigenvalue weighted by Crippen LogP contribution is 2.52. The number of carbonyl (C=O) groups is 2. The summed E-state index contributed by atoms with van der Waals surface area (Å²) in [5.74, 6) is 0.869.